The van der Waals surface area contributed by atoms with Crippen molar-refractivity contribution in [3.63, 3.8) is 0 Å². The van der Waals surface area contributed by atoms with Crippen LogP contribution in [0.25, 0.3) is 0 Å². The maximum atomic E-state index is 10.7. The summed E-state index contributed by atoms with van der Waals surface area (Å²) in [4.78, 5) is 32.0. The van der Waals surface area contributed by atoms with Gasteiger partial charge in [-0.05, 0) is 73.5 Å². The van der Waals surface area contributed by atoms with Gasteiger partial charge in [0, 0.05) is 35.7 Å². The van der Waals surface area contributed by atoms with Crippen molar-refractivity contribution in [1.82, 2.24) is 0 Å². The normalized spacial score (nSPS) is 21.5. The predicted molar refractivity (Wildman–Crippen MR) is 153 cm³/mol. The average Bonchev–Trinajstić information content (AvgIpc) is 2.87. The van der Waals surface area contributed by atoms with Crippen LogP contribution in [-0.4, -0.2) is 59.6 Å². The number of thiol groups is 3. The van der Waals surface area contributed by atoms with E-state index in [1.165, 1.54) is 57.8 Å². The first kappa shape index (κ1) is 37.3. The first-order valence-electron chi connectivity index (χ1n) is 13.7. The summed E-state index contributed by atoms with van der Waals surface area (Å²) >= 11 is 12.1. The number of carboxylic acids is 3. The van der Waals surface area contributed by atoms with E-state index in [-0.39, 0.29) is 42.2 Å². The summed E-state index contributed by atoms with van der Waals surface area (Å²) in [6, 6.07) is 0. The molecule has 0 aromatic rings. The van der Waals surface area contributed by atoms with Gasteiger partial charge in [0.15, 0.2) is 0 Å². The van der Waals surface area contributed by atoms with Gasteiger partial charge >= 0.3 is 24.4 Å². The molecular formula is C27H45O6S3Sb. The molecule has 0 spiro atoms. The number of hydrogen-bond donors (Lipinski definition) is 3. The van der Waals surface area contributed by atoms with E-state index in [0.29, 0.717) is 35.0 Å². The predicted octanol–water partition coefficient (Wildman–Crippen LogP) is 2.21. The van der Waals surface area contributed by atoms with Crippen LogP contribution in [0.2, 0.25) is 0 Å². The Labute approximate surface area is 257 Å². The maximum absolute atomic E-state index is 10.7. The first-order valence-corrected chi connectivity index (χ1v) is 15.6. The Morgan fingerprint density at radius 3 is 0.811 bits per heavy atom. The van der Waals surface area contributed by atoms with E-state index in [9.17, 15) is 29.7 Å². The minimum Gasteiger partial charge on any atom is -0.550 e. The molecule has 0 N–H and O–H groups in total. The number of carbonyl (C=O) groups excluding carboxylic acids is 3. The molecule has 212 valence electrons. The van der Waals surface area contributed by atoms with Gasteiger partial charge in [0.1, 0.15) is 0 Å². The van der Waals surface area contributed by atoms with Crippen molar-refractivity contribution in [1.29, 1.82) is 0 Å². The van der Waals surface area contributed by atoms with Gasteiger partial charge in [-0.25, -0.2) is 0 Å². The second-order valence-corrected chi connectivity index (χ2v) is 11.6. The fourth-order valence-corrected chi connectivity index (χ4v) is 7.20. The summed E-state index contributed by atoms with van der Waals surface area (Å²) in [5, 5.41) is 32.0. The number of carboxylic acid groups (broad SMARTS) is 3. The fourth-order valence-electron chi connectivity index (χ4n) is 5.86. The van der Waals surface area contributed by atoms with E-state index in [4.69, 9.17) is 0 Å². The zero-order chi connectivity index (χ0) is 26.9. The van der Waals surface area contributed by atoms with Crippen LogP contribution in [0.5, 0.6) is 0 Å². The van der Waals surface area contributed by atoms with Crippen LogP contribution in [0, 0.1) is 35.5 Å². The molecular weight excluding hydrogens is 638 g/mol. The third-order valence-electron chi connectivity index (χ3n) is 8.15. The Hall–Kier alpha value is 0.278. The number of rotatable bonds is 9. The smallest absolute Gasteiger partial charge is 0.550 e. The Morgan fingerprint density at radius 2 is 0.676 bits per heavy atom. The standard InChI is InChI=1S/3C9H16O2S.Sb/c3*10-9(11)8(6-12)7-4-2-1-3-5-7;/h3*7-8,12H,1-6H2,(H,10,11);/q;;;+3/p-3. The third kappa shape index (κ3) is 14.5. The van der Waals surface area contributed by atoms with Gasteiger partial charge in [-0.3, -0.25) is 0 Å². The van der Waals surface area contributed by atoms with Gasteiger partial charge in [0.2, 0.25) is 0 Å². The Kier molecular flexibility index (Phi) is 22.2. The summed E-state index contributed by atoms with van der Waals surface area (Å²) < 4.78 is 0. The van der Waals surface area contributed by atoms with Crippen LogP contribution in [0.4, 0.5) is 0 Å². The minimum atomic E-state index is -0.920. The molecule has 2 radical (unpaired) electrons. The summed E-state index contributed by atoms with van der Waals surface area (Å²) in [5.74, 6) is -1.50. The molecule has 3 rings (SSSR count). The van der Waals surface area contributed by atoms with Gasteiger partial charge in [-0.2, -0.15) is 37.9 Å². The van der Waals surface area contributed by atoms with E-state index in [1.807, 2.05) is 0 Å². The Morgan fingerprint density at radius 1 is 0.486 bits per heavy atom. The molecule has 0 amide bonds. The van der Waals surface area contributed by atoms with E-state index >= 15 is 0 Å². The van der Waals surface area contributed by atoms with Crippen molar-refractivity contribution in [2.24, 2.45) is 35.5 Å². The monoisotopic (exact) mass is 682 g/mol. The van der Waals surface area contributed by atoms with Crippen molar-refractivity contribution in [2.75, 3.05) is 17.3 Å². The molecule has 3 aliphatic carbocycles. The van der Waals surface area contributed by atoms with Gasteiger partial charge in [0.05, 0.1) is 0 Å². The van der Waals surface area contributed by atoms with Gasteiger partial charge < -0.3 is 29.7 Å². The first-order chi connectivity index (χ1) is 17.3. The zero-order valence-electron chi connectivity index (χ0n) is 21.9. The molecule has 3 atom stereocenters. The van der Waals surface area contributed by atoms with Crippen molar-refractivity contribution in [3.05, 3.63) is 0 Å². The molecule has 37 heavy (non-hydrogen) atoms. The van der Waals surface area contributed by atoms with Gasteiger partial charge in [0.25, 0.3) is 0 Å². The maximum Gasteiger partial charge on any atom is 3.00 e. The fraction of sp³-hybridized carbons (Fsp3) is 0.889. The Bertz CT molecular complexity index is 550. The van der Waals surface area contributed by atoms with E-state index in [2.05, 4.69) is 37.9 Å². The molecule has 0 aromatic carbocycles. The van der Waals surface area contributed by atoms with Crippen molar-refractivity contribution < 1.29 is 29.7 Å². The van der Waals surface area contributed by atoms with Gasteiger partial charge in [-0.1, -0.05) is 57.8 Å². The summed E-state index contributed by atoms with van der Waals surface area (Å²) in [7, 11) is 0. The third-order valence-corrected chi connectivity index (χ3v) is 9.34. The summed E-state index contributed by atoms with van der Waals surface area (Å²) in [6.45, 7) is 0. The molecule has 0 aromatic heterocycles. The van der Waals surface area contributed by atoms with Crippen LogP contribution in [0.1, 0.15) is 96.3 Å². The van der Waals surface area contributed by atoms with Crippen LogP contribution in [0.15, 0.2) is 0 Å². The van der Waals surface area contributed by atoms with Gasteiger partial charge in [-0.15, -0.1) is 0 Å². The van der Waals surface area contributed by atoms with Crippen molar-refractivity contribution in [3.8, 4) is 0 Å². The molecule has 3 unspecified atom stereocenters. The molecule has 10 heteroatoms. The van der Waals surface area contributed by atoms with Crippen LogP contribution >= 0.6 is 37.9 Å². The summed E-state index contributed by atoms with van der Waals surface area (Å²) in [6.07, 6.45) is 17.0. The van der Waals surface area contributed by atoms with Crippen LogP contribution in [-0.2, 0) is 14.4 Å². The zero-order valence-corrected chi connectivity index (χ0v) is 27.2. The van der Waals surface area contributed by atoms with E-state index in [0.717, 1.165) is 38.5 Å². The summed E-state index contributed by atoms with van der Waals surface area (Å²) in [5.41, 5.74) is 0. The molecule has 3 saturated carbocycles. The van der Waals surface area contributed by atoms with Crippen LogP contribution < -0.4 is 15.3 Å². The molecule has 0 bridgehead atoms. The number of carbonyl (C=O) groups is 3. The number of aliphatic carboxylic acids is 3. The topological polar surface area (TPSA) is 120 Å². The Balaban J connectivity index is 0.000000518. The largest absolute Gasteiger partial charge is 3.00 e. The van der Waals surface area contributed by atoms with Crippen LogP contribution in [0.3, 0.4) is 0 Å². The number of hydrogen-bond acceptors (Lipinski definition) is 9. The average molecular weight is 684 g/mol. The minimum absolute atomic E-state index is 0. The molecule has 0 saturated heterocycles. The molecule has 3 aliphatic rings. The molecule has 6 nitrogen and oxygen atoms in total. The second kappa shape index (κ2) is 22.0. The SMILES string of the molecule is O=C([O-])C(CS)C1CCCCC1.O=C([O-])C(CS)C1CCCCC1.O=C([O-])C(CS)C1CCCCC1.[Sb+3]. The second-order valence-electron chi connectivity index (χ2n) is 10.5. The molecule has 0 heterocycles. The van der Waals surface area contributed by atoms with E-state index < -0.39 is 17.9 Å². The molecule has 0 aliphatic heterocycles. The molecule has 3 fully saturated rings. The van der Waals surface area contributed by atoms with E-state index in [1.54, 1.807) is 0 Å². The van der Waals surface area contributed by atoms with Crippen molar-refractivity contribution in [2.45, 2.75) is 96.3 Å². The quantitative estimate of drug-likeness (QED) is 0.254. The van der Waals surface area contributed by atoms with Crippen molar-refractivity contribution >= 4 is 80.2 Å².